The van der Waals surface area contributed by atoms with Crippen LogP contribution in [0.5, 0.6) is 0 Å². The summed E-state index contributed by atoms with van der Waals surface area (Å²) in [4.78, 5) is 28.7. The number of carbonyl (C=O) groups excluding carboxylic acids is 2. The van der Waals surface area contributed by atoms with Crippen molar-refractivity contribution in [1.29, 1.82) is 0 Å². The number of carbonyl (C=O) groups is 2. The van der Waals surface area contributed by atoms with E-state index in [0.717, 1.165) is 16.1 Å². The number of hydrogen-bond acceptors (Lipinski definition) is 5. The Morgan fingerprint density at radius 1 is 1.03 bits per heavy atom. The summed E-state index contributed by atoms with van der Waals surface area (Å²) in [5.41, 5.74) is 2.14. The second-order valence-corrected chi connectivity index (χ2v) is 8.10. The summed E-state index contributed by atoms with van der Waals surface area (Å²) in [6, 6.07) is 18.3. The Morgan fingerprint density at radius 3 is 2.14 bits per heavy atom. The lowest BCUT2D eigenvalue weighted by molar-refractivity contribution is -0.138. The predicted octanol–water partition coefficient (Wildman–Crippen LogP) is 5.22. The summed E-state index contributed by atoms with van der Waals surface area (Å²) in [6.07, 6.45) is 0. The highest BCUT2D eigenvalue weighted by Gasteiger charge is 2.28. The number of ether oxygens (including phenoxy) is 1. The van der Waals surface area contributed by atoms with E-state index in [1.165, 1.54) is 18.7 Å². The van der Waals surface area contributed by atoms with Crippen molar-refractivity contribution < 1.29 is 14.3 Å². The van der Waals surface area contributed by atoms with E-state index in [1.807, 2.05) is 41.3 Å². The van der Waals surface area contributed by atoms with Gasteiger partial charge < -0.3 is 9.64 Å². The fraction of sp³-hybridized carbons (Fsp3) is 0.348. The van der Waals surface area contributed by atoms with E-state index in [4.69, 9.17) is 4.98 Å². The van der Waals surface area contributed by atoms with Crippen molar-refractivity contribution in [2.75, 3.05) is 7.11 Å². The SMILES string of the molecule is CC(=O)N(Cc1ccccc1)C(c1nc2ccccc2s1)C(C)C.COC(C)=O. The number of esters is 1. The normalized spacial score (nSPS) is 11.5. The fourth-order valence-electron chi connectivity index (χ4n) is 2.98. The first-order chi connectivity index (χ1) is 13.8. The van der Waals surface area contributed by atoms with Gasteiger partial charge in [0.2, 0.25) is 5.91 Å². The van der Waals surface area contributed by atoms with Crippen LogP contribution in [-0.2, 0) is 20.9 Å². The van der Waals surface area contributed by atoms with E-state index in [9.17, 15) is 9.59 Å². The highest BCUT2D eigenvalue weighted by Crippen LogP contribution is 2.35. The Bertz CT molecular complexity index is 904. The monoisotopic (exact) mass is 412 g/mol. The molecule has 0 bridgehead atoms. The Morgan fingerprint density at radius 2 is 1.62 bits per heavy atom. The van der Waals surface area contributed by atoms with Crippen molar-refractivity contribution >= 4 is 33.4 Å². The molecule has 0 aliphatic heterocycles. The smallest absolute Gasteiger partial charge is 0.302 e. The van der Waals surface area contributed by atoms with Crippen LogP contribution in [0.25, 0.3) is 10.2 Å². The minimum atomic E-state index is -0.245. The van der Waals surface area contributed by atoms with Gasteiger partial charge in [0, 0.05) is 20.4 Å². The Hall–Kier alpha value is -2.73. The maximum absolute atomic E-state index is 12.4. The third kappa shape index (κ3) is 6.39. The van der Waals surface area contributed by atoms with Crippen LogP contribution in [0.2, 0.25) is 0 Å². The molecule has 5 nitrogen and oxygen atoms in total. The van der Waals surface area contributed by atoms with Gasteiger partial charge in [-0.3, -0.25) is 9.59 Å². The standard InChI is InChI=1S/C20H22N2OS.C3H6O2/c1-14(2)19(20-21-17-11-7-8-12-18(17)24-20)22(15(3)23)13-16-9-5-4-6-10-16;1-3(4)5-2/h4-12,14,19H,13H2,1-3H3;1-2H3. The summed E-state index contributed by atoms with van der Waals surface area (Å²) < 4.78 is 5.28. The van der Waals surface area contributed by atoms with Gasteiger partial charge in [-0.25, -0.2) is 4.98 Å². The van der Waals surface area contributed by atoms with E-state index in [0.29, 0.717) is 6.54 Å². The van der Waals surface area contributed by atoms with Gasteiger partial charge in [0.25, 0.3) is 0 Å². The van der Waals surface area contributed by atoms with Gasteiger partial charge in [0.1, 0.15) is 5.01 Å². The number of methoxy groups -OCH3 is 1. The van der Waals surface area contributed by atoms with Crippen LogP contribution < -0.4 is 0 Å². The highest BCUT2D eigenvalue weighted by molar-refractivity contribution is 7.18. The molecule has 0 radical (unpaired) electrons. The molecule has 3 aromatic rings. The van der Waals surface area contributed by atoms with Crippen molar-refractivity contribution in [2.45, 2.75) is 40.3 Å². The zero-order chi connectivity index (χ0) is 21.4. The van der Waals surface area contributed by atoms with E-state index >= 15 is 0 Å². The number of rotatable bonds is 5. The average molecular weight is 413 g/mol. The first-order valence-electron chi connectivity index (χ1n) is 9.54. The van der Waals surface area contributed by atoms with Crippen LogP contribution in [0, 0.1) is 5.92 Å². The molecule has 1 amide bonds. The van der Waals surface area contributed by atoms with Crippen LogP contribution in [0.3, 0.4) is 0 Å². The minimum Gasteiger partial charge on any atom is -0.469 e. The molecule has 1 aromatic heterocycles. The molecule has 6 heteroatoms. The van der Waals surface area contributed by atoms with Gasteiger partial charge in [-0.05, 0) is 23.6 Å². The third-order valence-electron chi connectivity index (χ3n) is 4.42. The lowest BCUT2D eigenvalue weighted by Crippen LogP contribution is -2.35. The van der Waals surface area contributed by atoms with Crippen molar-refractivity contribution in [3.8, 4) is 0 Å². The molecule has 0 spiro atoms. The Kier molecular flexibility index (Phi) is 8.34. The molecule has 0 fully saturated rings. The van der Waals surface area contributed by atoms with Gasteiger partial charge >= 0.3 is 5.97 Å². The number of benzene rings is 2. The van der Waals surface area contributed by atoms with E-state index in [-0.39, 0.29) is 23.8 Å². The predicted molar refractivity (Wildman–Crippen MR) is 118 cm³/mol. The molecule has 0 aliphatic rings. The largest absolute Gasteiger partial charge is 0.469 e. The Labute approximate surface area is 176 Å². The average Bonchev–Trinajstić information content (AvgIpc) is 3.11. The molecule has 0 aliphatic carbocycles. The third-order valence-corrected chi connectivity index (χ3v) is 5.53. The molecule has 0 N–H and O–H groups in total. The van der Waals surface area contributed by atoms with Gasteiger partial charge in [-0.1, -0.05) is 56.3 Å². The van der Waals surface area contributed by atoms with Crippen molar-refractivity contribution in [3.05, 3.63) is 65.2 Å². The number of amides is 1. The van der Waals surface area contributed by atoms with Crippen LogP contribution in [0.4, 0.5) is 0 Å². The molecule has 1 heterocycles. The molecule has 154 valence electrons. The summed E-state index contributed by atoms with van der Waals surface area (Å²) in [7, 11) is 1.35. The van der Waals surface area contributed by atoms with Crippen LogP contribution in [0.1, 0.15) is 44.3 Å². The first kappa shape index (κ1) is 22.6. The summed E-state index contributed by atoms with van der Waals surface area (Å²) in [5.74, 6) is 0.125. The molecule has 1 unspecified atom stereocenters. The molecule has 29 heavy (non-hydrogen) atoms. The second kappa shape index (κ2) is 10.7. The van der Waals surface area contributed by atoms with Crippen molar-refractivity contribution in [1.82, 2.24) is 9.88 Å². The van der Waals surface area contributed by atoms with Crippen molar-refractivity contribution in [3.63, 3.8) is 0 Å². The van der Waals surface area contributed by atoms with Gasteiger partial charge in [0.15, 0.2) is 0 Å². The molecule has 0 saturated carbocycles. The maximum atomic E-state index is 12.4. The Balaban J connectivity index is 0.000000537. The van der Waals surface area contributed by atoms with Crippen LogP contribution in [-0.4, -0.2) is 28.9 Å². The quantitative estimate of drug-likeness (QED) is 0.539. The first-order valence-corrected chi connectivity index (χ1v) is 10.4. The van der Waals surface area contributed by atoms with Crippen LogP contribution in [0.15, 0.2) is 54.6 Å². The topological polar surface area (TPSA) is 59.5 Å². The number of aromatic nitrogens is 1. The maximum Gasteiger partial charge on any atom is 0.302 e. The lowest BCUT2D eigenvalue weighted by Gasteiger charge is -2.32. The molecular weight excluding hydrogens is 384 g/mol. The number of hydrogen-bond donors (Lipinski definition) is 0. The summed E-state index contributed by atoms with van der Waals surface area (Å²) >= 11 is 1.69. The minimum absolute atomic E-state index is 0.0138. The molecular formula is C23H28N2O3S. The summed E-state index contributed by atoms with van der Waals surface area (Å²) in [5, 5.41) is 1.01. The van der Waals surface area contributed by atoms with Gasteiger partial charge in [-0.2, -0.15) is 0 Å². The fourth-order valence-corrected chi connectivity index (χ4v) is 4.23. The lowest BCUT2D eigenvalue weighted by atomic mass is 10.0. The number of fused-ring (bicyclic) bond motifs is 1. The van der Waals surface area contributed by atoms with Gasteiger partial charge in [-0.15, -0.1) is 11.3 Å². The van der Waals surface area contributed by atoms with Crippen LogP contribution >= 0.6 is 11.3 Å². The molecule has 2 aromatic carbocycles. The number of para-hydroxylation sites is 1. The molecule has 1 atom stereocenters. The molecule has 3 rings (SSSR count). The number of nitrogens with zero attached hydrogens (tertiary/aromatic N) is 2. The summed E-state index contributed by atoms with van der Waals surface area (Å²) in [6.45, 7) is 7.91. The van der Waals surface area contributed by atoms with Gasteiger partial charge in [0.05, 0.1) is 23.4 Å². The van der Waals surface area contributed by atoms with Crippen molar-refractivity contribution in [2.24, 2.45) is 5.92 Å². The highest BCUT2D eigenvalue weighted by atomic mass is 32.1. The number of thiazole rings is 1. The second-order valence-electron chi connectivity index (χ2n) is 7.04. The van der Waals surface area contributed by atoms with E-state index in [2.05, 4.69) is 36.8 Å². The van der Waals surface area contributed by atoms with E-state index in [1.54, 1.807) is 18.3 Å². The zero-order valence-corrected chi connectivity index (χ0v) is 18.4. The zero-order valence-electron chi connectivity index (χ0n) is 17.6. The van der Waals surface area contributed by atoms with E-state index < -0.39 is 0 Å². The molecule has 0 saturated heterocycles.